The Morgan fingerprint density at radius 1 is 0.531 bits per heavy atom. The minimum absolute atomic E-state index is 0.419. The molecule has 0 unspecified atom stereocenters. The van der Waals surface area contributed by atoms with Gasteiger partial charge in [-0.15, -0.1) is 0 Å². The molecule has 0 aliphatic heterocycles. The highest BCUT2D eigenvalue weighted by molar-refractivity contribution is 7.71. The highest BCUT2D eigenvalue weighted by atomic mass is 32.1. The molecule has 0 spiro atoms. The van der Waals surface area contributed by atoms with Crippen LogP contribution in [-0.4, -0.2) is 9.13 Å². The van der Waals surface area contributed by atoms with Crippen molar-refractivity contribution < 1.29 is 0 Å². The lowest BCUT2D eigenvalue weighted by atomic mass is 9.92. The lowest BCUT2D eigenvalue weighted by Gasteiger charge is -2.22. The van der Waals surface area contributed by atoms with Crippen LogP contribution in [0.4, 0.5) is 0 Å². The van der Waals surface area contributed by atoms with Gasteiger partial charge in [-0.25, -0.2) is 0 Å². The molecule has 32 heavy (non-hydrogen) atoms. The van der Waals surface area contributed by atoms with Gasteiger partial charge in [0.1, 0.15) is 0 Å². The van der Waals surface area contributed by atoms with Gasteiger partial charge in [0.05, 0.1) is 11.4 Å². The van der Waals surface area contributed by atoms with Crippen LogP contribution in [-0.2, 0) is 0 Å². The number of aromatic nitrogens is 2. The van der Waals surface area contributed by atoms with Gasteiger partial charge >= 0.3 is 0 Å². The van der Waals surface area contributed by atoms with Crippen molar-refractivity contribution in [2.75, 3.05) is 0 Å². The van der Waals surface area contributed by atoms with E-state index >= 15 is 0 Å². The first-order valence-electron chi connectivity index (χ1n) is 12.1. The van der Waals surface area contributed by atoms with Crippen LogP contribution in [0.15, 0.2) is 36.4 Å². The third kappa shape index (κ3) is 4.12. The maximum atomic E-state index is 6.27. The van der Waals surface area contributed by atoms with Crippen molar-refractivity contribution in [3.05, 3.63) is 74.8 Å². The zero-order chi connectivity index (χ0) is 23.9. The van der Waals surface area contributed by atoms with Crippen LogP contribution in [0, 0.1) is 18.6 Å². The Bertz CT molecular complexity index is 1030. The monoisotopic (exact) mass is 448 g/mol. The molecule has 172 valence electrons. The third-order valence-corrected chi connectivity index (χ3v) is 7.07. The van der Waals surface area contributed by atoms with Gasteiger partial charge in [0.15, 0.2) is 4.77 Å². The minimum atomic E-state index is 0.419. The summed E-state index contributed by atoms with van der Waals surface area (Å²) in [6, 6.07) is 13.5. The van der Waals surface area contributed by atoms with Crippen molar-refractivity contribution in [1.82, 2.24) is 9.13 Å². The van der Waals surface area contributed by atoms with E-state index in [1.165, 1.54) is 45.0 Å². The molecule has 0 aliphatic rings. The molecule has 0 bridgehead atoms. The maximum Gasteiger partial charge on any atom is 0.189 e. The number of hydrogen-bond acceptors (Lipinski definition) is 1. The molecule has 0 amide bonds. The summed E-state index contributed by atoms with van der Waals surface area (Å²) in [5.41, 5.74) is 10.4. The topological polar surface area (TPSA) is 9.86 Å². The molecule has 0 saturated carbocycles. The molecule has 3 aromatic rings. The van der Waals surface area contributed by atoms with Gasteiger partial charge in [-0.1, -0.05) is 91.8 Å². The molecular formula is C29H40N2S. The standard InChI is InChI=1S/C29H40N2S/c1-17(2)23-13-11-14-24(18(3)4)27(23)30-21(9)22(10)31(29(30)32)28-25(19(5)6)15-12-16-26(28)20(7)8/h11-20H,1-10H3. The van der Waals surface area contributed by atoms with E-state index in [0.717, 1.165) is 4.77 Å². The smallest absolute Gasteiger partial charge is 0.189 e. The summed E-state index contributed by atoms with van der Waals surface area (Å²) < 4.78 is 5.55. The number of nitrogens with zero attached hydrogens (tertiary/aromatic N) is 2. The zero-order valence-corrected chi connectivity index (χ0v) is 22.4. The summed E-state index contributed by atoms with van der Waals surface area (Å²) in [7, 11) is 0. The maximum absolute atomic E-state index is 6.27. The molecule has 1 aromatic heterocycles. The number of rotatable bonds is 6. The number of para-hydroxylation sites is 2. The fourth-order valence-electron chi connectivity index (χ4n) is 4.78. The first-order chi connectivity index (χ1) is 15.0. The Hall–Kier alpha value is -2.13. The molecule has 2 nitrogen and oxygen atoms in total. The van der Waals surface area contributed by atoms with E-state index < -0.39 is 0 Å². The van der Waals surface area contributed by atoms with Crippen molar-refractivity contribution in [3.8, 4) is 11.4 Å². The van der Waals surface area contributed by atoms with Crippen molar-refractivity contribution >= 4 is 12.2 Å². The Kier molecular flexibility index (Phi) is 7.19. The number of hydrogen-bond donors (Lipinski definition) is 0. The van der Waals surface area contributed by atoms with Gasteiger partial charge in [0, 0.05) is 11.4 Å². The van der Waals surface area contributed by atoms with Gasteiger partial charge in [-0.3, -0.25) is 9.13 Å². The van der Waals surface area contributed by atoms with Gasteiger partial charge < -0.3 is 0 Å². The Balaban J connectivity index is 2.48. The van der Waals surface area contributed by atoms with Gasteiger partial charge in [0.2, 0.25) is 0 Å². The number of benzene rings is 2. The first-order valence-corrected chi connectivity index (χ1v) is 12.5. The van der Waals surface area contributed by atoms with Crippen LogP contribution in [0.2, 0.25) is 0 Å². The summed E-state index contributed by atoms with van der Waals surface area (Å²) in [6.45, 7) is 22.6. The van der Waals surface area contributed by atoms with E-state index in [-0.39, 0.29) is 0 Å². The van der Waals surface area contributed by atoms with Crippen LogP contribution in [0.25, 0.3) is 11.4 Å². The van der Waals surface area contributed by atoms with Crippen molar-refractivity contribution in [3.63, 3.8) is 0 Å². The summed E-state index contributed by atoms with van der Waals surface area (Å²) in [5.74, 6) is 1.68. The van der Waals surface area contributed by atoms with Crippen LogP contribution < -0.4 is 0 Å². The molecule has 1 heterocycles. The molecule has 3 rings (SSSR count). The molecule has 0 saturated heterocycles. The second-order valence-corrected chi connectivity index (χ2v) is 10.7. The summed E-state index contributed by atoms with van der Waals surface area (Å²) in [4.78, 5) is 0. The Labute approximate surface area is 200 Å². The largest absolute Gasteiger partial charge is 0.289 e. The second kappa shape index (κ2) is 9.39. The van der Waals surface area contributed by atoms with Gasteiger partial charge in [-0.05, 0) is 72.0 Å². The van der Waals surface area contributed by atoms with E-state index in [4.69, 9.17) is 12.2 Å². The fraction of sp³-hybridized carbons (Fsp3) is 0.483. The van der Waals surface area contributed by atoms with Gasteiger partial charge in [0.25, 0.3) is 0 Å². The molecule has 0 radical (unpaired) electrons. The molecule has 0 fully saturated rings. The summed E-state index contributed by atoms with van der Waals surface area (Å²) >= 11 is 6.27. The van der Waals surface area contributed by atoms with Crippen LogP contribution in [0.5, 0.6) is 0 Å². The average molecular weight is 449 g/mol. The highest BCUT2D eigenvalue weighted by Gasteiger charge is 2.24. The van der Waals surface area contributed by atoms with E-state index in [0.29, 0.717) is 23.7 Å². The summed E-state index contributed by atoms with van der Waals surface area (Å²) in [6.07, 6.45) is 0. The zero-order valence-electron chi connectivity index (χ0n) is 21.6. The van der Waals surface area contributed by atoms with Crippen molar-refractivity contribution in [2.45, 2.75) is 92.9 Å². The van der Waals surface area contributed by atoms with E-state index in [1.807, 2.05) is 0 Å². The first kappa shape index (κ1) is 24.5. The van der Waals surface area contributed by atoms with E-state index in [1.54, 1.807) is 0 Å². The predicted molar refractivity (Wildman–Crippen MR) is 142 cm³/mol. The fourth-order valence-corrected chi connectivity index (χ4v) is 5.23. The molecule has 0 aliphatic carbocycles. The minimum Gasteiger partial charge on any atom is -0.289 e. The molecular weight excluding hydrogens is 408 g/mol. The molecule has 3 heteroatoms. The predicted octanol–water partition coefficient (Wildman–Crippen LogP) is 9.11. The molecule has 0 atom stereocenters. The Morgan fingerprint density at radius 3 is 1.00 bits per heavy atom. The van der Waals surface area contributed by atoms with E-state index in [2.05, 4.69) is 115 Å². The lowest BCUT2D eigenvalue weighted by Crippen LogP contribution is -2.10. The molecule has 2 aromatic carbocycles. The van der Waals surface area contributed by atoms with Crippen molar-refractivity contribution in [2.24, 2.45) is 0 Å². The number of imidazole rings is 1. The average Bonchev–Trinajstić information content (AvgIpc) is 2.94. The SMILES string of the molecule is Cc1c(C)n(-c2c(C(C)C)cccc2C(C)C)c(=S)n1-c1c(C(C)C)cccc1C(C)C. The van der Waals surface area contributed by atoms with Gasteiger partial charge in [-0.2, -0.15) is 0 Å². The molecule has 0 N–H and O–H groups in total. The van der Waals surface area contributed by atoms with Crippen LogP contribution in [0.1, 0.15) is 113 Å². The van der Waals surface area contributed by atoms with Crippen LogP contribution in [0.3, 0.4) is 0 Å². The normalized spacial score (nSPS) is 12.1. The quantitative estimate of drug-likeness (QED) is 0.342. The Morgan fingerprint density at radius 2 is 0.781 bits per heavy atom. The van der Waals surface area contributed by atoms with Crippen molar-refractivity contribution in [1.29, 1.82) is 0 Å². The third-order valence-electron chi connectivity index (χ3n) is 6.71. The van der Waals surface area contributed by atoms with E-state index in [9.17, 15) is 0 Å². The second-order valence-electron chi connectivity index (χ2n) is 10.3. The van der Waals surface area contributed by atoms with Crippen LogP contribution >= 0.6 is 12.2 Å². The lowest BCUT2D eigenvalue weighted by molar-refractivity contribution is 0.780. The highest BCUT2D eigenvalue weighted by Crippen LogP contribution is 2.37. The summed E-state index contributed by atoms with van der Waals surface area (Å²) in [5, 5.41) is 0.